The van der Waals surface area contributed by atoms with Gasteiger partial charge in [0.1, 0.15) is 0 Å². The van der Waals surface area contributed by atoms with Crippen LogP contribution in [0.2, 0.25) is 0 Å². The molecule has 2 N–H and O–H groups in total. The highest BCUT2D eigenvalue weighted by atomic mass is 16.2. The van der Waals surface area contributed by atoms with Crippen molar-refractivity contribution in [2.24, 2.45) is 0 Å². The Morgan fingerprint density at radius 3 is 2.75 bits per heavy atom. The summed E-state index contributed by atoms with van der Waals surface area (Å²) in [6, 6.07) is 15.8. The van der Waals surface area contributed by atoms with Crippen molar-refractivity contribution in [1.82, 2.24) is 15.1 Å². The van der Waals surface area contributed by atoms with Crippen LogP contribution in [0, 0.1) is 0 Å². The average molecular weight is 322 g/mol. The van der Waals surface area contributed by atoms with Crippen molar-refractivity contribution in [1.29, 1.82) is 0 Å². The first-order chi connectivity index (χ1) is 11.7. The molecule has 0 bridgehead atoms. The molecule has 2 aromatic carbocycles. The molecular weight excluding hydrogens is 300 g/mol. The van der Waals surface area contributed by atoms with Crippen molar-refractivity contribution in [2.45, 2.75) is 26.3 Å². The maximum Gasteiger partial charge on any atom is 0.319 e. The van der Waals surface area contributed by atoms with E-state index in [-0.39, 0.29) is 11.9 Å². The Morgan fingerprint density at radius 1 is 1.21 bits per heavy atom. The highest BCUT2D eigenvalue weighted by molar-refractivity contribution is 5.92. The highest BCUT2D eigenvalue weighted by Crippen LogP contribution is 2.19. The van der Waals surface area contributed by atoms with Crippen molar-refractivity contribution in [3.8, 4) is 0 Å². The number of nitrogens with zero attached hydrogens (tertiary/aromatic N) is 2. The van der Waals surface area contributed by atoms with E-state index in [4.69, 9.17) is 0 Å². The lowest BCUT2D eigenvalue weighted by Gasteiger charge is -2.14. The summed E-state index contributed by atoms with van der Waals surface area (Å²) in [5.41, 5.74) is 3.00. The molecule has 3 rings (SSSR count). The molecule has 3 aromatic rings. The summed E-state index contributed by atoms with van der Waals surface area (Å²) < 4.78 is 1.91. The molecule has 0 aliphatic rings. The van der Waals surface area contributed by atoms with Gasteiger partial charge in [0.25, 0.3) is 0 Å². The van der Waals surface area contributed by atoms with Crippen LogP contribution in [0.4, 0.5) is 10.5 Å². The molecular formula is C19H22N4O. The number of carbonyl (C=O) groups excluding carboxylic acids is 1. The Morgan fingerprint density at radius 2 is 2.00 bits per heavy atom. The van der Waals surface area contributed by atoms with Crippen molar-refractivity contribution in [3.05, 3.63) is 60.3 Å². The van der Waals surface area contributed by atoms with Crippen LogP contribution in [0.3, 0.4) is 0 Å². The van der Waals surface area contributed by atoms with Crippen LogP contribution in [0.15, 0.2) is 54.7 Å². The van der Waals surface area contributed by atoms with Crippen LogP contribution in [0.5, 0.6) is 0 Å². The summed E-state index contributed by atoms with van der Waals surface area (Å²) in [4.78, 5) is 12.1. The van der Waals surface area contributed by atoms with Crippen molar-refractivity contribution in [2.75, 3.05) is 11.9 Å². The number of carbonyl (C=O) groups is 1. The van der Waals surface area contributed by atoms with Gasteiger partial charge < -0.3 is 10.6 Å². The molecule has 1 heterocycles. The number of fused-ring (bicyclic) bond motifs is 1. The van der Waals surface area contributed by atoms with Gasteiger partial charge in [-0.05, 0) is 36.6 Å². The molecule has 0 saturated carbocycles. The van der Waals surface area contributed by atoms with E-state index in [1.165, 1.54) is 5.56 Å². The summed E-state index contributed by atoms with van der Waals surface area (Å²) >= 11 is 0. The molecule has 5 heteroatoms. The molecule has 0 spiro atoms. The smallest absolute Gasteiger partial charge is 0.319 e. The molecule has 0 fully saturated rings. The SMILES string of the molecule is CCn1ncc2ccc(NC(=O)NC[C@@H](C)c3ccccc3)cc21. The fourth-order valence-electron chi connectivity index (χ4n) is 2.72. The summed E-state index contributed by atoms with van der Waals surface area (Å²) in [6.07, 6.45) is 1.84. The first-order valence-electron chi connectivity index (χ1n) is 8.22. The van der Waals surface area contributed by atoms with Crippen LogP contribution < -0.4 is 10.6 Å². The lowest BCUT2D eigenvalue weighted by molar-refractivity contribution is 0.251. The second kappa shape index (κ2) is 7.17. The molecule has 2 amide bonds. The third-order valence-electron chi connectivity index (χ3n) is 4.14. The average Bonchev–Trinajstić information content (AvgIpc) is 3.02. The van der Waals surface area contributed by atoms with E-state index in [0.717, 1.165) is 23.1 Å². The number of hydrogen-bond acceptors (Lipinski definition) is 2. The van der Waals surface area contributed by atoms with Gasteiger partial charge in [-0.25, -0.2) is 4.79 Å². The van der Waals surface area contributed by atoms with Crippen molar-refractivity contribution < 1.29 is 4.79 Å². The van der Waals surface area contributed by atoms with Gasteiger partial charge in [-0.15, -0.1) is 0 Å². The first-order valence-corrected chi connectivity index (χ1v) is 8.22. The van der Waals surface area contributed by atoms with Crippen LogP contribution >= 0.6 is 0 Å². The number of amides is 2. The highest BCUT2D eigenvalue weighted by Gasteiger charge is 2.09. The lowest BCUT2D eigenvalue weighted by Crippen LogP contribution is -2.31. The predicted octanol–water partition coefficient (Wildman–Crippen LogP) is 3.98. The molecule has 24 heavy (non-hydrogen) atoms. The largest absolute Gasteiger partial charge is 0.337 e. The fourth-order valence-corrected chi connectivity index (χ4v) is 2.72. The Labute approximate surface area is 141 Å². The number of nitrogens with one attached hydrogen (secondary N) is 2. The third kappa shape index (κ3) is 3.56. The van der Waals surface area contributed by atoms with Gasteiger partial charge in [0.2, 0.25) is 0 Å². The number of aromatic nitrogens is 2. The normalized spacial score (nSPS) is 12.1. The molecule has 0 aliphatic carbocycles. The fraction of sp³-hybridized carbons (Fsp3) is 0.263. The molecule has 0 saturated heterocycles. The second-order valence-electron chi connectivity index (χ2n) is 5.88. The zero-order chi connectivity index (χ0) is 16.9. The third-order valence-corrected chi connectivity index (χ3v) is 4.14. The van der Waals surface area contributed by atoms with E-state index in [0.29, 0.717) is 6.54 Å². The number of aryl methyl sites for hydroxylation is 1. The van der Waals surface area contributed by atoms with Crippen LogP contribution in [0.1, 0.15) is 25.3 Å². The molecule has 124 valence electrons. The van der Waals surface area contributed by atoms with E-state index in [1.807, 2.05) is 54.2 Å². The topological polar surface area (TPSA) is 59.0 Å². The molecule has 0 aliphatic heterocycles. The zero-order valence-corrected chi connectivity index (χ0v) is 14.0. The summed E-state index contributed by atoms with van der Waals surface area (Å²) in [5.74, 6) is 0.265. The number of hydrogen-bond donors (Lipinski definition) is 2. The minimum absolute atomic E-state index is 0.195. The second-order valence-corrected chi connectivity index (χ2v) is 5.88. The molecule has 1 aromatic heterocycles. The van der Waals surface area contributed by atoms with E-state index in [9.17, 15) is 4.79 Å². The number of benzene rings is 2. The Bertz CT molecular complexity index is 826. The van der Waals surface area contributed by atoms with Crippen LogP contribution in [-0.2, 0) is 6.54 Å². The van der Waals surface area contributed by atoms with Gasteiger partial charge >= 0.3 is 6.03 Å². The van der Waals surface area contributed by atoms with Crippen LogP contribution in [-0.4, -0.2) is 22.4 Å². The van der Waals surface area contributed by atoms with Crippen molar-refractivity contribution >= 4 is 22.6 Å². The van der Waals surface area contributed by atoms with Gasteiger partial charge in [-0.2, -0.15) is 5.10 Å². The van der Waals surface area contributed by atoms with E-state index in [2.05, 4.69) is 34.8 Å². The van der Waals surface area contributed by atoms with Gasteiger partial charge in [-0.3, -0.25) is 4.68 Å². The van der Waals surface area contributed by atoms with Gasteiger partial charge in [0.15, 0.2) is 0 Å². The Balaban J connectivity index is 1.60. The quantitative estimate of drug-likeness (QED) is 0.746. The van der Waals surface area contributed by atoms with Crippen molar-refractivity contribution in [3.63, 3.8) is 0 Å². The minimum Gasteiger partial charge on any atom is -0.337 e. The minimum atomic E-state index is -0.195. The van der Waals surface area contributed by atoms with E-state index in [1.54, 1.807) is 0 Å². The van der Waals surface area contributed by atoms with E-state index < -0.39 is 0 Å². The van der Waals surface area contributed by atoms with Gasteiger partial charge in [-0.1, -0.05) is 37.3 Å². The Hall–Kier alpha value is -2.82. The molecule has 1 atom stereocenters. The monoisotopic (exact) mass is 322 g/mol. The molecule has 0 radical (unpaired) electrons. The number of urea groups is 1. The van der Waals surface area contributed by atoms with Crippen LogP contribution in [0.25, 0.3) is 10.9 Å². The standard InChI is InChI=1S/C19H22N4O/c1-3-23-18-11-17(10-9-16(18)13-21-23)22-19(24)20-12-14(2)15-7-5-4-6-8-15/h4-11,13-14H,3,12H2,1-2H3,(H2,20,22,24)/t14-/m1/s1. The summed E-state index contributed by atoms with van der Waals surface area (Å²) in [5, 5.41) is 11.2. The number of rotatable bonds is 5. The zero-order valence-electron chi connectivity index (χ0n) is 14.0. The van der Waals surface area contributed by atoms with Gasteiger partial charge in [0.05, 0.1) is 11.7 Å². The Kier molecular flexibility index (Phi) is 4.79. The molecule has 0 unspecified atom stereocenters. The maximum absolute atomic E-state index is 12.1. The summed E-state index contributed by atoms with van der Waals surface area (Å²) in [6.45, 7) is 5.53. The lowest BCUT2D eigenvalue weighted by atomic mass is 10.0. The van der Waals surface area contributed by atoms with E-state index >= 15 is 0 Å². The maximum atomic E-state index is 12.1. The number of anilines is 1. The van der Waals surface area contributed by atoms with Gasteiger partial charge in [0, 0.05) is 24.2 Å². The predicted molar refractivity (Wildman–Crippen MR) is 97.3 cm³/mol. The first kappa shape index (κ1) is 16.1. The molecule has 5 nitrogen and oxygen atoms in total. The summed E-state index contributed by atoms with van der Waals surface area (Å²) in [7, 11) is 0.